The van der Waals surface area contributed by atoms with Crippen LogP contribution in [0.4, 0.5) is 16.2 Å². The fourth-order valence-corrected chi connectivity index (χ4v) is 3.04. The van der Waals surface area contributed by atoms with Crippen molar-refractivity contribution in [3.05, 3.63) is 42.7 Å². The van der Waals surface area contributed by atoms with Gasteiger partial charge in [-0.2, -0.15) is 0 Å². The lowest BCUT2D eigenvalue weighted by atomic mass is 10.2. The molecule has 1 atom stereocenters. The van der Waals surface area contributed by atoms with Crippen LogP contribution in [0.25, 0.3) is 0 Å². The quantitative estimate of drug-likeness (QED) is 0.876. The molecule has 1 aromatic heterocycles. The van der Waals surface area contributed by atoms with Crippen molar-refractivity contribution in [1.29, 1.82) is 0 Å². The molecule has 1 aromatic carbocycles. The van der Waals surface area contributed by atoms with Gasteiger partial charge in [0.1, 0.15) is 13.2 Å². The van der Waals surface area contributed by atoms with Crippen molar-refractivity contribution in [2.24, 2.45) is 0 Å². The second kappa shape index (κ2) is 6.91. The number of anilines is 2. The number of benzene rings is 1. The summed E-state index contributed by atoms with van der Waals surface area (Å²) in [4.78, 5) is 30.0. The van der Waals surface area contributed by atoms with Crippen LogP contribution in [0, 0.1) is 0 Å². The second-order valence-electron chi connectivity index (χ2n) is 6.07. The summed E-state index contributed by atoms with van der Waals surface area (Å²) in [5.41, 5.74) is 1.38. The van der Waals surface area contributed by atoms with Crippen molar-refractivity contribution >= 4 is 23.3 Å². The number of nitrogens with one attached hydrogen (secondary N) is 2. The summed E-state index contributed by atoms with van der Waals surface area (Å²) in [7, 11) is 0. The number of carbonyl (C=O) groups is 2. The molecular formula is C18H18N4O4. The van der Waals surface area contributed by atoms with E-state index in [0.29, 0.717) is 36.9 Å². The predicted octanol–water partition coefficient (Wildman–Crippen LogP) is 1.78. The van der Waals surface area contributed by atoms with Gasteiger partial charge in [-0.25, -0.2) is 4.79 Å². The van der Waals surface area contributed by atoms with Crippen molar-refractivity contribution < 1.29 is 19.1 Å². The molecule has 2 aromatic rings. The fraction of sp³-hybridized carbons (Fsp3) is 0.278. The van der Waals surface area contributed by atoms with Gasteiger partial charge < -0.3 is 25.0 Å². The largest absolute Gasteiger partial charge is 0.486 e. The molecule has 8 heteroatoms. The van der Waals surface area contributed by atoms with Gasteiger partial charge in [0.05, 0.1) is 6.04 Å². The Morgan fingerprint density at radius 3 is 2.69 bits per heavy atom. The number of pyridine rings is 1. The minimum atomic E-state index is -0.349. The van der Waals surface area contributed by atoms with E-state index in [-0.39, 0.29) is 24.4 Å². The third-order valence-corrected chi connectivity index (χ3v) is 4.24. The van der Waals surface area contributed by atoms with Crippen LogP contribution in [0.5, 0.6) is 11.5 Å². The van der Waals surface area contributed by atoms with Crippen molar-refractivity contribution in [3.63, 3.8) is 0 Å². The number of ether oxygens (including phenoxy) is 2. The number of amides is 3. The Bertz CT molecular complexity index is 827. The van der Waals surface area contributed by atoms with Gasteiger partial charge in [0.2, 0.25) is 5.91 Å². The molecule has 8 nitrogen and oxygen atoms in total. The Kier molecular flexibility index (Phi) is 4.30. The molecule has 0 radical (unpaired) electrons. The second-order valence-corrected chi connectivity index (χ2v) is 6.07. The standard InChI is InChI=1S/C18H18N4O4/c23-17-9-13(21-18(24)20-12-3-5-19-6-4-12)11-22(17)14-1-2-15-16(10-14)26-8-7-25-15/h1-6,10,13H,7-9,11H2,(H2,19,20,21,24)/t13-/m0/s1. The Labute approximate surface area is 150 Å². The minimum absolute atomic E-state index is 0.0455. The summed E-state index contributed by atoms with van der Waals surface area (Å²) in [6.07, 6.45) is 3.44. The third-order valence-electron chi connectivity index (χ3n) is 4.24. The van der Waals surface area contributed by atoms with Gasteiger partial charge in [-0.05, 0) is 24.3 Å². The van der Waals surface area contributed by atoms with Gasteiger partial charge in [-0.1, -0.05) is 0 Å². The van der Waals surface area contributed by atoms with E-state index < -0.39 is 0 Å². The topological polar surface area (TPSA) is 92.8 Å². The zero-order valence-electron chi connectivity index (χ0n) is 14.0. The van der Waals surface area contributed by atoms with Crippen molar-refractivity contribution in [2.75, 3.05) is 30.0 Å². The van der Waals surface area contributed by atoms with Crippen molar-refractivity contribution in [3.8, 4) is 11.5 Å². The molecule has 3 amide bonds. The third kappa shape index (κ3) is 3.39. The Morgan fingerprint density at radius 1 is 1.12 bits per heavy atom. The SMILES string of the molecule is O=C(Nc1ccncc1)N[C@H]1CC(=O)N(c2ccc3c(c2)OCCO3)C1. The Balaban J connectivity index is 1.40. The molecule has 26 heavy (non-hydrogen) atoms. The van der Waals surface area contributed by atoms with Gasteiger partial charge in [0.25, 0.3) is 0 Å². The maximum atomic E-state index is 12.4. The molecule has 4 rings (SSSR count). The molecule has 1 saturated heterocycles. The average Bonchev–Trinajstić information content (AvgIpc) is 3.02. The van der Waals surface area contributed by atoms with E-state index in [4.69, 9.17) is 9.47 Å². The molecule has 1 fully saturated rings. The monoisotopic (exact) mass is 354 g/mol. The number of hydrogen-bond donors (Lipinski definition) is 2. The van der Waals surface area contributed by atoms with E-state index in [9.17, 15) is 9.59 Å². The summed E-state index contributed by atoms with van der Waals surface area (Å²) in [5.74, 6) is 1.27. The summed E-state index contributed by atoms with van der Waals surface area (Å²) in [5, 5.41) is 5.55. The lowest BCUT2D eigenvalue weighted by Crippen LogP contribution is -2.39. The Hall–Kier alpha value is -3.29. The normalized spacial score (nSPS) is 18.5. The number of hydrogen-bond acceptors (Lipinski definition) is 5. The van der Waals surface area contributed by atoms with Crippen molar-refractivity contribution in [1.82, 2.24) is 10.3 Å². The summed E-state index contributed by atoms with van der Waals surface area (Å²) >= 11 is 0. The molecule has 0 unspecified atom stereocenters. The molecular weight excluding hydrogens is 336 g/mol. The highest BCUT2D eigenvalue weighted by Crippen LogP contribution is 2.35. The molecule has 0 aliphatic carbocycles. The average molecular weight is 354 g/mol. The highest BCUT2D eigenvalue weighted by molar-refractivity contribution is 5.98. The van der Waals surface area contributed by atoms with E-state index in [1.54, 1.807) is 41.6 Å². The zero-order chi connectivity index (χ0) is 17.9. The molecule has 0 saturated carbocycles. The molecule has 134 valence electrons. The highest BCUT2D eigenvalue weighted by Gasteiger charge is 2.32. The van der Waals surface area contributed by atoms with E-state index in [2.05, 4.69) is 15.6 Å². The van der Waals surface area contributed by atoms with Crippen LogP contribution in [-0.2, 0) is 4.79 Å². The molecule has 2 aliphatic heterocycles. The number of urea groups is 1. The van der Waals surface area contributed by atoms with Gasteiger partial charge in [-0.15, -0.1) is 0 Å². The van der Waals surface area contributed by atoms with Crippen LogP contribution in [0.2, 0.25) is 0 Å². The lowest BCUT2D eigenvalue weighted by Gasteiger charge is -2.22. The van der Waals surface area contributed by atoms with Gasteiger partial charge >= 0.3 is 6.03 Å². The fourth-order valence-electron chi connectivity index (χ4n) is 3.04. The first-order chi connectivity index (χ1) is 12.7. The number of nitrogens with zero attached hydrogens (tertiary/aromatic N) is 2. The first kappa shape index (κ1) is 16.2. The van der Waals surface area contributed by atoms with Crippen molar-refractivity contribution in [2.45, 2.75) is 12.5 Å². The summed E-state index contributed by atoms with van der Waals surface area (Å²) < 4.78 is 11.1. The maximum Gasteiger partial charge on any atom is 0.319 e. The number of rotatable bonds is 3. The van der Waals surface area contributed by atoms with Crippen LogP contribution in [0.1, 0.15) is 6.42 Å². The van der Waals surface area contributed by atoms with Gasteiger partial charge in [0, 0.05) is 42.8 Å². The first-order valence-corrected chi connectivity index (χ1v) is 8.36. The maximum absolute atomic E-state index is 12.4. The van der Waals surface area contributed by atoms with E-state index in [1.165, 1.54) is 0 Å². The van der Waals surface area contributed by atoms with E-state index in [0.717, 1.165) is 5.69 Å². The Morgan fingerprint density at radius 2 is 1.88 bits per heavy atom. The van der Waals surface area contributed by atoms with E-state index in [1.807, 2.05) is 6.07 Å². The van der Waals surface area contributed by atoms with Crippen LogP contribution < -0.4 is 25.0 Å². The number of carbonyl (C=O) groups excluding carboxylic acids is 2. The molecule has 0 spiro atoms. The van der Waals surface area contributed by atoms with Gasteiger partial charge in [-0.3, -0.25) is 9.78 Å². The molecule has 2 N–H and O–H groups in total. The lowest BCUT2D eigenvalue weighted by molar-refractivity contribution is -0.117. The van der Waals surface area contributed by atoms with Crippen LogP contribution >= 0.6 is 0 Å². The predicted molar refractivity (Wildman–Crippen MR) is 94.6 cm³/mol. The number of fused-ring (bicyclic) bond motifs is 1. The van der Waals surface area contributed by atoms with E-state index >= 15 is 0 Å². The molecule has 0 bridgehead atoms. The zero-order valence-corrected chi connectivity index (χ0v) is 14.0. The molecule has 3 heterocycles. The van der Waals surface area contributed by atoms with Crippen LogP contribution in [0.3, 0.4) is 0 Å². The smallest absolute Gasteiger partial charge is 0.319 e. The van der Waals surface area contributed by atoms with Crippen LogP contribution in [-0.4, -0.2) is 42.7 Å². The molecule has 2 aliphatic rings. The minimum Gasteiger partial charge on any atom is -0.486 e. The van der Waals surface area contributed by atoms with Crippen LogP contribution in [0.15, 0.2) is 42.7 Å². The highest BCUT2D eigenvalue weighted by atomic mass is 16.6. The number of aromatic nitrogens is 1. The van der Waals surface area contributed by atoms with Gasteiger partial charge in [0.15, 0.2) is 11.5 Å². The first-order valence-electron chi connectivity index (χ1n) is 8.36. The summed E-state index contributed by atoms with van der Waals surface area (Å²) in [6.45, 7) is 1.42. The summed E-state index contributed by atoms with van der Waals surface area (Å²) in [6, 6.07) is 8.20.